The molecule has 1 aliphatic heterocycles. The number of carbonyl (C=O) groups is 1. The fraction of sp³-hybridized carbons (Fsp3) is 0.375. The third-order valence-corrected chi connectivity index (χ3v) is 4.10. The highest BCUT2D eigenvalue weighted by molar-refractivity contribution is 5.94. The van der Waals surface area contributed by atoms with Crippen LogP contribution in [-0.2, 0) is 11.8 Å². The van der Waals surface area contributed by atoms with Crippen molar-refractivity contribution in [1.29, 1.82) is 0 Å². The number of aryl methyl sites for hydroxylation is 1. The molecular weight excluding hydrogens is 298 g/mol. The van der Waals surface area contributed by atoms with Crippen molar-refractivity contribution in [3.8, 4) is 17.2 Å². The number of nitrogens with zero attached hydrogens (tertiary/aromatic N) is 2. The van der Waals surface area contributed by atoms with Crippen molar-refractivity contribution in [2.24, 2.45) is 7.05 Å². The summed E-state index contributed by atoms with van der Waals surface area (Å²) in [4.78, 5) is 12.1. The molecule has 3 rings (SSSR count). The lowest BCUT2D eigenvalue weighted by Crippen LogP contribution is -2.24. The molecule has 7 heteroatoms. The molecule has 7 nitrogen and oxygen atoms in total. The zero-order chi connectivity index (χ0) is 16.6. The highest BCUT2D eigenvalue weighted by Gasteiger charge is 2.32. The molecule has 1 atom stereocenters. The summed E-state index contributed by atoms with van der Waals surface area (Å²) >= 11 is 0. The molecule has 122 valence electrons. The third kappa shape index (κ3) is 2.48. The van der Waals surface area contributed by atoms with Gasteiger partial charge >= 0.3 is 0 Å². The Morgan fingerprint density at radius 3 is 2.39 bits per heavy atom. The molecule has 1 aromatic carbocycles. The van der Waals surface area contributed by atoms with Crippen LogP contribution in [0.25, 0.3) is 0 Å². The number of nitrogens with one attached hydrogen (secondary N) is 1. The van der Waals surface area contributed by atoms with Gasteiger partial charge in [-0.05, 0) is 6.07 Å². The molecule has 0 bridgehead atoms. The van der Waals surface area contributed by atoms with Crippen LogP contribution in [0.2, 0.25) is 0 Å². The minimum Gasteiger partial charge on any atom is -0.496 e. The molecular formula is C16H19N3O4. The van der Waals surface area contributed by atoms with E-state index in [9.17, 15) is 4.79 Å². The average Bonchev–Trinajstić information content (AvgIpc) is 2.94. The van der Waals surface area contributed by atoms with Crippen molar-refractivity contribution in [2.45, 2.75) is 12.3 Å². The maximum atomic E-state index is 12.1. The third-order valence-electron chi connectivity index (χ3n) is 4.10. The molecule has 23 heavy (non-hydrogen) atoms. The Labute approximate surface area is 134 Å². The minimum absolute atomic E-state index is 0.0528. The van der Waals surface area contributed by atoms with Gasteiger partial charge in [-0.15, -0.1) is 0 Å². The molecule has 1 aromatic heterocycles. The van der Waals surface area contributed by atoms with Gasteiger partial charge in [-0.3, -0.25) is 9.48 Å². The van der Waals surface area contributed by atoms with E-state index in [4.69, 9.17) is 14.2 Å². The Morgan fingerprint density at radius 1 is 1.09 bits per heavy atom. The van der Waals surface area contributed by atoms with E-state index in [0.717, 1.165) is 11.1 Å². The largest absolute Gasteiger partial charge is 0.496 e. The van der Waals surface area contributed by atoms with E-state index in [-0.39, 0.29) is 11.8 Å². The van der Waals surface area contributed by atoms with Crippen molar-refractivity contribution >= 4 is 11.7 Å². The number of rotatable bonds is 4. The van der Waals surface area contributed by atoms with E-state index in [0.29, 0.717) is 29.5 Å². The smallest absolute Gasteiger partial charge is 0.226 e. The van der Waals surface area contributed by atoms with Crippen LogP contribution >= 0.6 is 0 Å². The quantitative estimate of drug-likeness (QED) is 0.932. The van der Waals surface area contributed by atoms with Gasteiger partial charge in [0.2, 0.25) is 5.91 Å². The summed E-state index contributed by atoms with van der Waals surface area (Å²) < 4.78 is 17.9. The SMILES string of the molecule is COc1cc(OC)c([C@@H]2CC(=O)Nc3c2cnn3C)cc1OC. The molecule has 2 aromatic rings. The van der Waals surface area contributed by atoms with E-state index in [1.807, 2.05) is 6.07 Å². The Hall–Kier alpha value is -2.70. The van der Waals surface area contributed by atoms with Gasteiger partial charge in [0.1, 0.15) is 11.6 Å². The second-order valence-corrected chi connectivity index (χ2v) is 5.33. The molecule has 0 fully saturated rings. The zero-order valence-corrected chi connectivity index (χ0v) is 13.5. The van der Waals surface area contributed by atoms with Crippen LogP contribution < -0.4 is 19.5 Å². The Kier molecular flexibility index (Phi) is 3.85. The summed E-state index contributed by atoms with van der Waals surface area (Å²) in [5.74, 6) is 2.34. The summed E-state index contributed by atoms with van der Waals surface area (Å²) in [7, 11) is 6.55. The number of hydrogen-bond acceptors (Lipinski definition) is 5. The standard InChI is InChI=1S/C16H19N3O4/c1-19-16-11(8-17-19)9(6-15(20)18-16)10-5-13(22-3)14(23-4)7-12(10)21-2/h5,7-9H,6H2,1-4H3,(H,18,20)/t9-/m0/s1. The lowest BCUT2D eigenvalue weighted by atomic mass is 9.86. The van der Waals surface area contributed by atoms with E-state index >= 15 is 0 Å². The van der Waals surface area contributed by atoms with E-state index in [2.05, 4.69) is 10.4 Å². The van der Waals surface area contributed by atoms with Gasteiger partial charge in [0.15, 0.2) is 11.5 Å². The Morgan fingerprint density at radius 2 is 1.74 bits per heavy atom. The van der Waals surface area contributed by atoms with Crippen LogP contribution in [0.4, 0.5) is 5.82 Å². The topological polar surface area (TPSA) is 74.6 Å². The number of aromatic nitrogens is 2. The highest BCUT2D eigenvalue weighted by Crippen LogP contribution is 2.44. The lowest BCUT2D eigenvalue weighted by Gasteiger charge is -2.25. The molecule has 0 aliphatic carbocycles. The number of hydrogen-bond donors (Lipinski definition) is 1. The number of amides is 1. The minimum atomic E-state index is -0.151. The van der Waals surface area contributed by atoms with Crippen LogP contribution in [0.15, 0.2) is 18.3 Å². The Balaban J connectivity index is 2.16. The summed E-state index contributed by atoms with van der Waals surface area (Å²) in [6.07, 6.45) is 2.10. The summed E-state index contributed by atoms with van der Waals surface area (Å²) in [6, 6.07) is 3.63. The highest BCUT2D eigenvalue weighted by atomic mass is 16.5. The Bertz CT molecular complexity index is 754. The van der Waals surface area contributed by atoms with Crippen LogP contribution in [0.3, 0.4) is 0 Å². The van der Waals surface area contributed by atoms with Gasteiger partial charge in [-0.2, -0.15) is 5.10 Å². The van der Waals surface area contributed by atoms with Gasteiger partial charge < -0.3 is 19.5 Å². The average molecular weight is 317 g/mol. The number of methoxy groups -OCH3 is 3. The monoisotopic (exact) mass is 317 g/mol. The van der Waals surface area contributed by atoms with Gasteiger partial charge in [-0.1, -0.05) is 0 Å². The van der Waals surface area contributed by atoms with Crippen molar-refractivity contribution < 1.29 is 19.0 Å². The predicted molar refractivity (Wildman–Crippen MR) is 84.4 cm³/mol. The summed E-state index contributed by atoms with van der Waals surface area (Å²) in [5.41, 5.74) is 1.83. The summed E-state index contributed by atoms with van der Waals surface area (Å²) in [5, 5.41) is 7.11. The first-order valence-corrected chi connectivity index (χ1v) is 7.20. The number of ether oxygens (including phenoxy) is 3. The zero-order valence-electron chi connectivity index (χ0n) is 13.5. The first-order valence-electron chi connectivity index (χ1n) is 7.20. The number of carbonyl (C=O) groups excluding carboxylic acids is 1. The van der Waals surface area contributed by atoms with E-state index < -0.39 is 0 Å². The van der Waals surface area contributed by atoms with Crippen LogP contribution in [-0.4, -0.2) is 37.0 Å². The molecule has 0 radical (unpaired) electrons. The van der Waals surface area contributed by atoms with E-state index in [1.165, 1.54) is 0 Å². The molecule has 1 amide bonds. The molecule has 2 heterocycles. The van der Waals surface area contributed by atoms with E-state index in [1.54, 1.807) is 45.3 Å². The van der Waals surface area contributed by atoms with Crippen molar-refractivity contribution in [2.75, 3.05) is 26.6 Å². The maximum Gasteiger partial charge on any atom is 0.226 e. The fourth-order valence-corrected chi connectivity index (χ4v) is 2.94. The molecule has 0 unspecified atom stereocenters. The maximum absolute atomic E-state index is 12.1. The van der Waals surface area contributed by atoms with Gasteiger partial charge in [0.25, 0.3) is 0 Å². The first kappa shape index (κ1) is 15.2. The van der Waals surface area contributed by atoms with Crippen LogP contribution in [0, 0.1) is 0 Å². The van der Waals surface area contributed by atoms with Gasteiger partial charge in [0.05, 0.1) is 27.5 Å². The molecule has 1 aliphatic rings. The van der Waals surface area contributed by atoms with Crippen LogP contribution in [0.5, 0.6) is 17.2 Å². The molecule has 0 spiro atoms. The number of benzene rings is 1. The molecule has 1 N–H and O–H groups in total. The second-order valence-electron chi connectivity index (χ2n) is 5.33. The fourth-order valence-electron chi connectivity index (χ4n) is 2.94. The normalized spacial score (nSPS) is 16.5. The first-order chi connectivity index (χ1) is 11.1. The van der Waals surface area contributed by atoms with Gasteiger partial charge in [-0.25, -0.2) is 0 Å². The van der Waals surface area contributed by atoms with Crippen molar-refractivity contribution in [3.63, 3.8) is 0 Å². The number of fused-ring (bicyclic) bond motifs is 1. The molecule has 0 saturated heterocycles. The molecule has 0 saturated carbocycles. The number of anilines is 1. The predicted octanol–water partition coefficient (Wildman–Crippen LogP) is 1.92. The van der Waals surface area contributed by atoms with Crippen molar-refractivity contribution in [1.82, 2.24) is 9.78 Å². The van der Waals surface area contributed by atoms with Crippen molar-refractivity contribution in [3.05, 3.63) is 29.5 Å². The second kappa shape index (κ2) is 5.83. The van der Waals surface area contributed by atoms with Gasteiger partial charge in [0, 0.05) is 36.6 Å². The lowest BCUT2D eigenvalue weighted by molar-refractivity contribution is -0.116. The summed E-state index contributed by atoms with van der Waals surface area (Å²) in [6.45, 7) is 0. The van der Waals surface area contributed by atoms with Crippen LogP contribution in [0.1, 0.15) is 23.5 Å².